The molecule has 0 radical (unpaired) electrons. The van der Waals surface area contributed by atoms with E-state index in [1.807, 2.05) is 24.3 Å². The van der Waals surface area contributed by atoms with Crippen LogP contribution in [0.5, 0.6) is 0 Å². The van der Waals surface area contributed by atoms with Gasteiger partial charge in [-0.3, -0.25) is 9.36 Å². The van der Waals surface area contributed by atoms with Gasteiger partial charge in [-0.1, -0.05) is 23.7 Å². The lowest BCUT2D eigenvalue weighted by Crippen LogP contribution is -2.26. The molecule has 0 saturated carbocycles. The lowest BCUT2D eigenvalue weighted by molar-refractivity contribution is 0.597. The van der Waals surface area contributed by atoms with Crippen LogP contribution in [0.1, 0.15) is 41.1 Å². The van der Waals surface area contributed by atoms with E-state index in [0.29, 0.717) is 30.8 Å². The molecule has 26 heavy (non-hydrogen) atoms. The average molecular weight is 384 g/mol. The van der Waals surface area contributed by atoms with E-state index in [9.17, 15) is 4.79 Å². The molecule has 0 spiro atoms. The smallest absolute Gasteiger partial charge is 0.262 e. The summed E-state index contributed by atoms with van der Waals surface area (Å²) in [6.07, 6.45) is 4.78. The third-order valence-corrected chi connectivity index (χ3v) is 6.25. The van der Waals surface area contributed by atoms with Crippen LogP contribution in [0.4, 0.5) is 0 Å². The second-order valence-corrected chi connectivity index (χ2v) is 8.11. The van der Waals surface area contributed by atoms with Gasteiger partial charge in [0.2, 0.25) is 0 Å². The van der Waals surface area contributed by atoms with Gasteiger partial charge in [-0.05, 0) is 48.9 Å². The normalized spacial score (nSPS) is 13.1. The second-order valence-electron chi connectivity index (χ2n) is 6.59. The van der Waals surface area contributed by atoms with Gasteiger partial charge in [0.05, 0.1) is 11.5 Å². The number of benzene rings is 1. The zero-order valence-electron chi connectivity index (χ0n) is 14.3. The minimum atomic E-state index is 0.0457. The molecule has 3 aromatic rings. The molecular formula is C20H18ClN3OS. The lowest BCUT2D eigenvalue weighted by Gasteiger charge is -2.12. The zero-order valence-corrected chi connectivity index (χ0v) is 15.9. The molecule has 6 heteroatoms. The molecule has 0 N–H and O–H groups in total. The molecule has 2 heterocycles. The van der Waals surface area contributed by atoms with Crippen molar-refractivity contribution in [3.05, 3.63) is 61.5 Å². The first-order chi connectivity index (χ1) is 12.7. The number of halogens is 1. The number of nitrogens with zero attached hydrogens (tertiary/aromatic N) is 3. The van der Waals surface area contributed by atoms with Crippen molar-refractivity contribution in [1.82, 2.24) is 9.55 Å². The highest BCUT2D eigenvalue weighted by atomic mass is 35.5. The average Bonchev–Trinajstić information content (AvgIpc) is 3.18. The Kier molecular flexibility index (Phi) is 4.80. The van der Waals surface area contributed by atoms with E-state index in [4.69, 9.17) is 21.8 Å². The Morgan fingerprint density at radius 2 is 2.23 bits per heavy atom. The fourth-order valence-electron chi connectivity index (χ4n) is 3.63. The molecule has 1 aromatic carbocycles. The van der Waals surface area contributed by atoms with E-state index < -0.39 is 0 Å². The monoisotopic (exact) mass is 383 g/mol. The molecule has 0 amide bonds. The van der Waals surface area contributed by atoms with Crippen molar-refractivity contribution >= 4 is 33.2 Å². The molecule has 0 fully saturated rings. The highest BCUT2D eigenvalue weighted by molar-refractivity contribution is 7.18. The van der Waals surface area contributed by atoms with Gasteiger partial charge >= 0.3 is 0 Å². The van der Waals surface area contributed by atoms with Gasteiger partial charge in [0.1, 0.15) is 10.7 Å². The third-order valence-electron chi connectivity index (χ3n) is 4.83. The van der Waals surface area contributed by atoms with Crippen LogP contribution in [-0.2, 0) is 25.8 Å². The summed E-state index contributed by atoms with van der Waals surface area (Å²) in [4.78, 5) is 20.3. The molecular weight excluding hydrogens is 366 g/mol. The Balaban J connectivity index is 1.83. The maximum absolute atomic E-state index is 13.2. The molecule has 0 atom stereocenters. The predicted octanol–water partition coefficient (Wildman–Crippen LogP) is 4.49. The van der Waals surface area contributed by atoms with Gasteiger partial charge in [0, 0.05) is 29.3 Å². The number of unbranched alkanes of at least 4 members (excludes halogenated alkanes) is 1. The van der Waals surface area contributed by atoms with Crippen LogP contribution < -0.4 is 5.56 Å². The molecule has 1 aliphatic rings. The van der Waals surface area contributed by atoms with Crippen molar-refractivity contribution in [2.45, 2.75) is 45.1 Å². The fourth-order valence-corrected chi connectivity index (χ4v) is 5.11. The standard InChI is InChI=1S/C20H18ClN3OS/c21-14-6-3-5-13(11-14)12-17-23-19-18(15-7-4-8-16(15)26-19)20(25)24(17)10-2-1-9-22/h3,5-6,11H,1-2,4,7-8,10,12H2. The van der Waals surface area contributed by atoms with Crippen LogP contribution in [0.15, 0.2) is 29.1 Å². The van der Waals surface area contributed by atoms with E-state index in [2.05, 4.69) is 6.07 Å². The number of aromatic nitrogens is 2. The SMILES string of the molecule is N#CCCCn1c(Cc2cccc(Cl)c2)nc2sc3c(c2c1=O)CCC3. The molecule has 0 bridgehead atoms. The first-order valence-corrected chi connectivity index (χ1v) is 10.0. The van der Waals surface area contributed by atoms with Crippen molar-refractivity contribution in [3.8, 4) is 6.07 Å². The first-order valence-electron chi connectivity index (χ1n) is 8.82. The van der Waals surface area contributed by atoms with Crippen molar-refractivity contribution < 1.29 is 0 Å². The van der Waals surface area contributed by atoms with E-state index >= 15 is 0 Å². The minimum Gasteiger partial charge on any atom is -0.296 e. The maximum atomic E-state index is 13.2. The molecule has 0 aliphatic heterocycles. The van der Waals surface area contributed by atoms with Crippen LogP contribution in [0.25, 0.3) is 10.2 Å². The first kappa shape index (κ1) is 17.3. The van der Waals surface area contributed by atoms with Crippen LogP contribution in [-0.4, -0.2) is 9.55 Å². The van der Waals surface area contributed by atoms with Crippen LogP contribution in [0.3, 0.4) is 0 Å². The summed E-state index contributed by atoms with van der Waals surface area (Å²) in [6, 6.07) is 9.81. The van der Waals surface area contributed by atoms with Gasteiger partial charge in [-0.25, -0.2) is 4.98 Å². The number of hydrogen-bond donors (Lipinski definition) is 0. The van der Waals surface area contributed by atoms with Crippen molar-refractivity contribution in [1.29, 1.82) is 5.26 Å². The topological polar surface area (TPSA) is 58.7 Å². The molecule has 4 rings (SSSR count). The largest absolute Gasteiger partial charge is 0.296 e. The number of aryl methyl sites for hydroxylation is 2. The molecule has 0 unspecified atom stereocenters. The zero-order chi connectivity index (χ0) is 18.1. The summed E-state index contributed by atoms with van der Waals surface area (Å²) in [5, 5.41) is 10.3. The van der Waals surface area contributed by atoms with Crippen LogP contribution >= 0.6 is 22.9 Å². The highest BCUT2D eigenvalue weighted by Gasteiger charge is 2.23. The third kappa shape index (κ3) is 3.15. The Hall–Kier alpha value is -2.16. The Morgan fingerprint density at radius 1 is 1.35 bits per heavy atom. The number of thiophene rings is 1. The Bertz CT molecular complexity index is 1080. The molecule has 2 aromatic heterocycles. The summed E-state index contributed by atoms with van der Waals surface area (Å²) in [5.74, 6) is 0.752. The molecule has 4 nitrogen and oxygen atoms in total. The van der Waals surface area contributed by atoms with Gasteiger partial charge in [-0.2, -0.15) is 5.26 Å². The molecule has 132 valence electrons. The predicted molar refractivity (Wildman–Crippen MR) is 105 cm³/mol. The summed E-state index contributed by atoms with van der Waals surface area (Å²) >= 11 is 7.77. The Morgan fingerprint density at radius 3 is 3.04 bits per heavy atom. The van der Waals surface area contributed by atoms with Crippen LogP contribution in [0, 0.1) is 11.3 Å². The van der Waals surface area contributed by atoms with Crippen molar-refractivity contribution in [3.63, 3.8) is 0 Å². The lowest BCUT2D eigenvalue weighted by atomic mass is 10.1. The summed E-state index contributed by atoms with van der Waals surface area (Å²) in [7, 11) is 0. The molecule has 0 saturated heterocycles. The quantitative estimate of drug-likeness (QED) is 0.609. The van der Waals surface area contributed by atoms with Gasteiger partial charge < -0.3 is 0 Å². The maximum Gasteiger partial charge on any atom is 0.262 e. The van der Waals surface area contributed by atoms with Gasteiger partial charge in [-0.15, -0.1) is 11.3 Å². The summed E-state index contributed by atoms with van der Waals surface area (Å²) in [5.41, 5.74) is 2.28. The number of rotatable bonds is 5. The highest BCUT2D eigenvalue weighted by Crippen LogP contribution is 2.35. The molecule has 1 aliphatic carbocycles. The summed E-state index contributed by atoms with van der Waals surface area (Å²) in [6.45, 7) is 0.524. The number of hydrogen-bond acceptors (Lipinski definition) is 4. The van der Waals surface area contributed by atoms with Crippen LogP contribution in [0.2, 0.25) is 5.02 Å². The minimum absolute atomic E-state index is 0.0457. The second kappa shape index (κ2) is 7.22. The van der Waals surface area contributed by atoms with Gasteiger partial charge in [0.25, 0.3) is 5.56 Å². The van der Waals surface area contributed by atoms with E-state index in [1.165, 1.54) is 10.4 Å². The van der Waals surface area contributed by atoms with Gasteiger partial charge in [0.15, 0.2) is 0 Å². The summed E-state index contributed by atoms with van der Waals surface area (Å²) < 4.78 is 1.77. The van der Waals surface area contributed by atoms with Crippen molar-refractivity contribution in [2.24, 2.45) is 0 Å². The van der Waals surface area contributed by atoms with Crippen molar-refractivity contribution in [2.75, 3.05) is 0 Å². The number of nitriles is 1. The van der Waals surface area contributed by atoms with E-state index in [-0.39, 0.29) is 5.56 Å². The fraction of sp³-hybridized carbons (Fsp3) is 0.350. The van der Waals surface area contributed by atoms with E-state index in [0.717, 1.165) is 40.9 Å². The van der Waals surface area contributed by atoms with E-state index in [1.54, 1.807) is 15.9 Å². The Labute approximate surface area is 160 Å². The number of fused-ring (bicyclic) bond motifs is 3.